The molecular formula is C25H33N3O3. The quantitative estimate of drug-likeness (QED) is 0.564. The van der Waals surface area contributed by atoms with Crippen LogP contribution in [-0.4, -0.2) is 47.2 Å². The summed E-state index contributed by atoms with van der Waals surface area (Å²) in [6, 6.07) is 8.18. The second-order valence-electron chi connectivity index (χ2n) is 9.60. The average Bonchev–Trinajstić information content (AvgIpc) is 2.97. The van der Waals surface area contributed by atoms with Crippen molar-refractivity contribution in [2.45, 2.75) is 46.2 Å². The van der Waals surface area contributed by atoms with Crippen LogP contribution in [0, 0.1) is 23.7 Å². The summed E-state index contributed by atoms with van der Waals surface area (Å²) in [6.45, 7) is 7.90. The van der Waals surface area contributed by atoms with Gasteiger partial charge in [-0.2, -0.15) is 0 Å². The van der Waals surface area contributed by atoms with Gasteiger partial charge in [-0.15, -0.1) is 0 Å². The molecule has 1 aromatic rings. The molecule has 1 aliphatic carbocycles. The summed E-state index contributed by atoms with van der Waals surface area (Å²) in [5.74, 6) is 0.116. The first-order valence-electron chi connectivity index (χ1n) is 11.5. The van der Waals surface area contributed by atoms with Crippen LogP contribution in [0.25, 0.3) is 0 Å². The van der Waals surface area contributed by atoms with E-state index < -0.39 is 0 Å². The van der Waals surface area contributed by atoms with Crippen molar-refractivity contribution in [2.24, 2.45) is 23.7 Å². The summed E-state index contributed by atoms with van der Waals surface area (Å²) in [4.78, 5) is 41.4. The molecule has 1 N–H and O–H groups in total. The Hall–Kier alpha value is -2.47. The van der Waals surface area contributed by atoms with Crippen LogP contribution in [0.15, 0.2) is 36.4 Å². The number of benzene rings is 1. The SMILES string of the molecule is C[C@@H]1C[C@H](C)CN(Cc2ccccc2CNC(=O)CN2C(=O)[C@H]3CC=CC[C@H]3C2=O)C1. The zero-order valence-electron chi connectivity index (χ0n) is 18.5. The summed E-state index contributed by atoms with van der Waals surface area (Å²) in [6.07, 6.45) is 6.37. The van der Waals surface area contributed by atoms with Gasteiger partial charge in [-0.1, -0.05) is 50.3 Å². The summed E-state index contributed by atoms with van der Waals surface area (Å²) in [7, 11) is 0. The standard InChI is InChI=1S/C25H33N3O3/c1-17-11-18(2)14-27(13-17)15-20-8-4-3-7-19(20)12-26-23(29)16-28-24(30)21-9-5-6-10-22(21)25(28)31/h3-8,17-18,21-22H,9-16H2,1-2H3,(H,26,29)/t17-,18+,21-,22+. The molecule has 3 amide bonds. The van der Waals surface area contributed by atoms with Crippen molar-refractivity contribution in [3.63, 3.8) is 0 Å². The maximum Gasteiger partial charge on any atom is 0.240 e. The van der Waals surface area contributed by atoms with E-state index in [0.29, 0.717) is 31.2 Å². The first-order chi connectivity index (χ1) is 14.9. The van der Waals surface area contributed by atoms with E-state index in [2.05, 4.69) is 30.1 Å². The van der Waals surface area contributed by atoms with E-state index >= 15 is 0 Å². The fourth-order valence-electron chi connectivity index (χ4n) is 5.46. The zero-order chi connectivity index (χ0) is 22.0. The summed E-state index contributed by atoms with van der Waals surface area (Å²) in [5.41, 5.74) is 2.30. The van der Waals surface area contributed by atoms with Crippen molar-refractivity contribution >= 4 is 17.7 Å². The number of carbonyl (C=O) groups is 3. The molecule has 1 aromatic carbocycles. The third-order valence-corrected chi connectivity index (χ3v) is 6.83. The van der Waals surface area contributed by atoms with Crippen molar-refractivity contribution in [1.82, 2.24) is 15.1 Å². The Morgan fingerprint density at radius 3 is 2.16 bits per heavy atom. The first kappa shape index (κ1) is 21.8. The Labute approximate surface area is 184 Å². The second kappa shape index (κ2) is 9.35. The van der Waals surface area contributed by atoms with Crippen LogP contribution in [-0.2, 0) is 27.5 Å². The predicted molar refractivity (Wildman–Crippen MR) is 119 cm³/mol. The van der Waals surface area contributed by atoms with E-state index in [1.165, 1.54) is 12.0 Å². The molecule has 0 bridgehead atoms. The van der Waals surface area contributed by atoms with Crippen molar-refractivity contribution in [2.75, 3.05) is 19.6 Å². The highest BCUT2D eigenvalue weighted by Gasteiger charge is 2.47. The number of hydrogen-bond donors (Lipinski definition) is 1. The molecule has 4 rings (SSSR count). The van der Waals surface area contributed by atoms with E-state index in [9.17, 15) is 14.4 Å². The lowest BCUT2D eigenvalue weighted by Crippen LogP contribution is -2.41. The van der Waals surface area contributed by atoms with Gasteiger partial charge >= 0.3 is 0 Å². The van der Waals surface area contributed by atoms with Crippen LogP contribution in [0.5, 0.6) is 0 Å². The number of carbonyl (C=O) groups excluding carboxylic acids is 3. The number of fused-ring (bicyclic) bond motifs is 1. The molecule has 6 nitrogen and oxygen atoms in total. The molecule has 31 heavy (non-hydrogen) atoms. The topological polar surface area (TPSA) is 69.7 Å². The molecule has 6 heteroatoms. The van der Waals surface area contributed by atoms with E-state index in [-0.39, 0.29) is 36.1 Å². The van der Waals surface area contributed by atoms with Gasteiger partial charge in [0.25, 0.3) is 0 Å². The Bertz CT molecular complexity index is 845. The highest BCUT2D eigenvalue weighted by atomic mass is 16.2. The largest absolute Gasteiger partial charge is 0.350 e. The molecule has 0 spiro atoms. The molecule has 2 saturated heterocycles. The third-order valence-electron chi connectivity index (χ3n) is 6.83. The van der Waals surface area contributed by atoms with Gasteiger partial charge in [-0.3, -0.25) is 24.2 Å². The van der Waals surface area contributed by atoms with E-state index in [1.807, 2.05) is 30.4 Å². The number of hydrogen-bond acceptors (Lipinski definition) is 4. The Morgan fingerprint density at radius 1 is 0.968 bits per heavy atom. The van der Waals surface area contributed by atoms with Gasteiger partial charge in [0.05, 0.1) is 11.8 Å². The molecule has 0 aromatic heterocycles. The van der Waals surface area contributed by atoms with Gasteiger partial charge in [0, 0.05) is 26.2 Å². The highest BCUT2D eigenvalue weighted by molar-refractivity contribution is 6.07. The van der Waals surface area contributed by atoms with Crippen LogP contribution in [0.2, 0.25) is 0 Å². The van der Waals surface area contributed by atoms with Crippen LogP contribution in [0.1, 0.15) is 44.2 Å². The third kappa shape index (κ3) is 4.90. The van der Waals surface area contributed by atoms with Gasteiger partial charge < -0.3 is 5.32 Å². The van der Waals surface area contributed by atoms with Crippen LogP contribution in [0.3, 0.4) is 0 Å². The lowest BCUT2D eigenvalue weighted by molar-refractivity contribution is -0.143. The minimum Gasteiger partial charge on any atom is -0.350 e. The normalized spacial score (nSPS) is 28.6. The van der Waals surface area contributed by atoms with Gasteiger partial charge in [0.2, 0.25) is 17.7 Å². The average molecular weight is 424 g/mol. The van der Waals surface area contributed by atoms with Crippen molar-refractivity contribution in [3.05, 3.63) is 47.5 Å². The first-order valence-corrected chi connectivity index (χ1v) is 11.5. The van der Waals surface area contributed by atoms with Crippen molar-refractivity contribution < 1.29 is 14.4 Å². The number of piperidine rings is 1. The Kier molecular flexibility index (Phi) is 6.56. The maximum absolute atomic E-state index is 12.6. The molecular weight excluding hydrogens is 390 g/mol. The molecule has 0 saturated carbocycles. The second-order valence-corrected chi connectivity index (χ2v) is 9.60. The highest BCUT2D eigenvalue weighted by Crippen LogP contribution is 2.34. The smallest absolute Gasteiger partial charge is 0.240 e. The number of nitrogens with one attached hydrogen (secondary N) is 1. The van der Waals surface area contributed by atoms with E-state index in [1.54, 1.807) is 0 Å². The summed E-state index contributed by atoms with van der Waals surface area (Å²) in [5, 5.41) is 2.92. The summed E-state index contributed by atoms with van der Waals surface area (Å²) >= 11 is 0. The Morgan fingerprint density at radius 2 is 1.55 bits per heavy atom. The van der Waals surface area contributed by atoms with Gasteiger partial charge in [-0.05, 0) is 42.2 Å². The van der Waals surface area contributed by atoms with Gasteiger partial charge in [-0.25, -0.2) is 0 Å². The van der Waals surface area contributed by atoms with Crippen LogP contribution >= 0.6 is 0 Å². The van der Waals surface area contributed by atoms with Crippen molar-refractivity contribution in [1.29, 1.82) is 0 Å². The number of rotatable bonds is 6. The molecule has 2 heterocycles. The van der Waals surface area contributed by atoms with Crippen LogP contribution in [0.4, 0.5) is 0 Å². The van der Waals surface area contributed by atoms with Gasteiger partial charge in [0.1, 0.15) is 6.54 Å². The van der Waals surface area contributed by atoms with Crippen LogP contribution < -0.4 is 5.32 Å². The van der Waals surface area contributed by atoms with E-state index in [0.717, 1.165) is 30.1 Å². The molecule has 4 atom stereocenters. The fraction of sp³-hybridized carbons (Fsp3) is 0.560. The lowest BCUT2D eigenvalue weighted by atomic mass is 9.85. The van der Waals surface area contributed by atoms with E-state index in [4.69, 9.17) is 0 Å². The molecule has 0 radical (unpaired) electrons. The molecule has 3 aliphatic rings. The summed E-state index contributed by atoms with van der Waals surface area (Å²) < 4.78 is 0. The predicted octanol–water partition coefficient (Wildman–Crippen LogP) is 2.73. The number of nitrogens with zero attached hydrogens (tertiary/aromatic N) is 2. The monoisotopic (exact) mass is 423 g/mol. The molecule has 2 fully saturated rings. The fourth-order valence-corrected chi connectivity index (χ4v) is 5.46. The molecule has 166 valence electrons. The number of amides is 3. The minimum atomic E-state index is -0.291. The number of likely N-dealkylation sites (tertiary alicyclic amines) is 2. The van der Waals surface area contributed by atoms with Crippen molar-refractivity contribution in [3.8, 4) is 0 Å². The van der Waals surface area contributed by atoms with Gasteiger partial charge in [0.15, 0.2) is 0 Å². The minimum absolute atomic E-state index is 0.187. The number of imide groups is 1. The molecule has 0 unspecified atom stereocenters. The Balaban J connectivity index is 1.34. The number of allylic oxidation sites excluding steroid dienone is 2. The zero-order valence-corrected chi connectivity index (χ0v) is 18.5. The molecule has 2 aliphatic heterocycles. The maximum atomic E-state index is 12.6. The lowest BCUT2D eigenvalue weighted by Gasteiger charge is -2.35.